The molecule has 0 spiro atoms. The first-order valence-corrected chi connectivity index (χ1v) is 7.69. The highest BCUT2D eigenvalue weighted by molar-refractivity contribution is 5.81. The summed E-state index contributed by atoms with van der Waals surface area (Å²) in [5.41, 5.74) is 6.14. The number of carbonyl (C=O) groups is 1. The molecule has 1 aliphatic heterocycles. The Bertz CT molecular complexity index is 872. The van der Waals surface area contributed by atoms with Gasteiger partial charge in [-0.25, -0.2) is 15.0 Å². The molecular formula is C13H17N7O7. The summed E-state index contributed by atoms with van der Waals surface area (Å²) in [5, 5.41) is 30.5. The van der Waals surface area contributed by atoms with Crippen molar-refractivity contribution in [2.24, 2.45) is 0 Å². The van der Waals surface area contributed by atoms with Crippen LogP contribution in [-0.4, -0.2) is 84.1 Å². The number of hydrogen-bond donors (Lipinski definition) is 3. The molecule has 146 valence electrons. The van der Waals surface area contributed by atoms with Crippen LogP contribution < -0.4 is 5.73 Å². The Morgan fingerprint density at radius 2 is 2.19 bits per heavy atom. The van der Waals surface area contributed by atoms with Crippen molar-refractivity contribution in [3.8, 4) is 0 Å². The number of aliphatic hydroxyl groups excluding tert-OH is 2. The van der Waals surface area contributed by atoms with Crippen molar-refractivity contribution in [1.29, 1.82) is 0 Å². The van der Waals surface area contributed by atoms with Crippen LogP contribution in [0.1, 0.15) is 6.23 Å². The van der Waals surface area contributed by atoms with E-state index in [-0.39, 0.29) is 17.0 Å². The summed E-state index contributed by atoms with van der Waals surface area (Å²) in [6.07, 6.45) is -5.41. The van der Waals surface area contributed by atoms with E-state index in [4.69, 9.17) is 10.5 Å². The van der Waals surface area contributed by atoms with Gasteiger partial charge in [-0.2, -0.15) is 0 Å². The Hall–Kier alpha value is -3.10. The van der Waals surface area contributed by atoms with E-state index in [1.807, 2.05) is 0 Å². The number of fused-ring (bicyclic) bond motifs is 1. The topological polar surface area (TPSA) is 192 Å². The summed E-state index contributed by atoms with van der Waals surface area (Å²) in [6, 6.07) is 0. The molecule has 0 saturated carbocycles. The number of nitrogen functional groups attached to an aromatic ring is 1. The zero-order valence-corrected chi connectivity index (χ0v) is 14.2. The highest BCUT2D eigenvalue weighted by Crippen LogP contribution is 2.35. The number of ether oxygens (including phenoxy) is 1. The molecule has 1 amide bonds. The van der Waals surface area contributed by atoms with E-state index in [0.29, 0.717) is 0 Å². The van der Waals surface area contributed by atoms with Crippen molar-refractivity contribution in [2.75, 3.05) is 19.8 Å². The lowest BCUT2D eigenvalue weighted by Gasteiger charge is -2.24. The number of nitrogens with two attached hydrogens (primary N) is 1. The van der Waals surface area contributed by atoms with E-state index in [0.717, 1.165) is 4.90 Å². The van der Waals surface area contributed by atoms with Crippen LogP contribution >= 0.6 is 0 Å². The Morgan fingerprint density at radius 3 is 2.81 bits per heavy atom. The fraction of sp³-hybridized carbons (Fsp3) is 0.538. The first-order chi connectivity index (χ1) is 12.7. The number of imidazole rings is 1. The lowest BCUT2D eigenvalue weighted by Crippen LogP contribution is -2.48. The van der Waals surface area contributed by atoms with Gasteiger partial charge in [0, 0.05) is 14.1 Å². The Morgan fingerprint density at radius 1 is 1.48 bits per heavy atom. The number of rotatable bonds is 5. The van der Waals surface area contributed by atoms with Crippen LogP contribution in [0.4, 0.5) is 5.82 Å². The second-order valence-electron chi connectivity index (χ2n) is 6.04. The molecule has 2 aromatic rings. The number of carbonyl (C=O) groups excluding carboxylic acids is 1. The van der Waals surface area contributed by atoms with Crippen molar-refractivity contribution >= 4 is 22.9 Å². The van der Waals surface area contributed by atoms with Gasteiger partial charge in [-0.05, 0) is 0 Å². The fourth-order valence-electron chi connectivity index (χ4n) is 2.84. The summed E-state index contributed by atoms with van der Waals surface area (Å²) in [4.78, 5) is 40.2. The van der Waals surface area contributed by atoms with Crippen LogP contribution in [0.2, 0.25) is 0 Å². The fourth-order valence-corrected chi connectivity index (χ4v) is 2.84. The number of aromatic nitrogens is 4. The molecule has 14 nitrogen and oxygen atoms in total. The van der Waals surface area contributed by atoms with E-state index in [9.17, 15) is 25.1 Å². The maximum Gasteiger partial charge on any atom is 0.294 e. The molecule has 0 radical (unpaired) electrons. The average molecular weight is 383 g/mol. The highest BCUT2D eigenvalue weighted by atomic mass is 17.0. The van der Waals surface area contributed by atoms with Gasteiger partial charge in [0.25, 0.3) is 11.0 Å². The molecule has 0 aliphatic carbocycles. The second-order valence-corrected chi connectivity index (χ2v) is 6.04. The summed E-state index contributed by atoms with van der Waals surface area (Å²) in [5.74, 6) is -0.685. The summed E-state index contributed by atoms with van der Waals surface area (Å²) >= 11 is 0. The van der Waals surface area contributed by atoms with Crippen LogP contribution in [0.5, 0.6) is 0 Å². The Kier molecular flexibility index (Phi) is 4.77. The SMILES string of the molecule is CN(C)C(=O)C(O)[C@H]1O[C@@H](n2cnc3c(N)ncnc32)[C@H](O)[C@@H]1O[N+](=O)[O-]. The molecular weight excluding hydrogens is 366 g/mol. The summed E-state index contributed by atoms with van der Waals surface area (Å²) in [6.45, 7) is 0. The molecule has 1 fully saturated rings. The molecule has 1 saturated heterocycles. The molecule has 2 aromatic heterocycles. The van der Waals surface area contributed by atoms with Crippen LogP contribution in [0.3, 0.4) is 0 Å². The van der Waals surface area contributed by atoms with Crippen molar-refractivity contribution in [3.63, 3.8) is 0 Å². The number of amides is 1. The molecule has 0 bridgehead atoms. The Balaban J connectivity index is 1.98. The van der Waals surface area contributed by atoms with Gasteiger partial charge < -0.3 is 30.4 Å². The average Bonchev–Trinajstić information content (AvgIpc) is 3.16. The quantitative estimate of drug-likeness (QED) is 0.371. The van der Waals surface area contributed by atoms with Gasteiger partial charge in [0.15, 0.2) is 29.9 Å². The third-order valence-electron chi connectivity index (χ3n) is 4.12. The zero-order chi connectivity index (χ0) is 19.9. The van der Waals surface area contributed by atoms with E-state index in [2.05, 4.69) is 19.8 Å². The van der Waals surface area contributed by atoms with Gasteiger partial charge in [-0.3, -0.25) is 9.36 Å². The standard InChI is InChI=1S/C13H17N7O7/c1-18(2)12(23)6(21)8-9(27-20(24)25)7(22)13(26-8)19-4-17-5-10(14)15-3-16-11(5)19/h3-4,6-9,13,21-22H,1-2H3,(H2,14,15,16)/t6?,7-,8-,9+,13-/m1/s1. The van der Waals surface area contributed by atoms with Crippen molar-refractivity contribution in [2.45, 2.75) is 30.6 Å². The van der Waals surface area contributed by atoms with Crippen molar-refractivity contribution < 1.29 is 29.7 Å². The number of hydrogen-bond acceptors (Lipinski definition) is 11. The largest absolute Gasteiger partial charge is 0.386 e. The van der Waals surface area contributed by atoms with Crippen LogP contribution in [0, 0.1) is 10.1 Å². The maximum absolute atomic E-state index is 12.1. The van der Waals surface area contributed by atoms with Gasteiger partial charge in [-0.1, -0.05) is 0 Å². The lowest BCUT2D eigenvalue weighted by atomic mass is 10.0. The van der Waals surface area contributed by atoms with Crippen molar-refractivity contribution in [1.82, 2.24) is 24.4 Å². The highest BCUT2D eigenvalue weighted by Gasteiger charge is 2.52. The minimum atomic E-state index is -1.81. The second kappa shape index (κ2) is 6.90. The van der Waals surface area contributed by atoms with Gasteiger partial charge in [-0.15, -0.1) is 10.1 Å². The van der Waals surface area contributed by atoms with Gasteiger partial charge in [0.05, 0.1) is 6.33 Å². The monoisotopic (exact) mass is 383 g/mol. The third-order valence-corrected chi connectivity index (χ3v) is 4.12. The van der Waals surface area contributed by atoms with Gasteiger partial charge >= 0.3 is 0 Å². The number of likely N-dealkylation sites (N-methyl/N-ethyl adjacent to an activating group) is 1. The molecule has 1 unspecified atom stereocenters. The molecule has 14 heteroatoms. The number of aliphatic hydroxyl groups is 2. The number of anilines is 1. The molecule has 27 heavy (non-hydrogen) atoms. The molecule has 1 aliphatic rings. The molecule has 4 N–H and O–H groups in total. The van der Waals surface area contributed by atoms with E-state index in [1.54, 1.807) is 0 Å². The summed E-state index contributed by atoms with van der Waals surface area (Å²) < 4.78 is 6.82. The van der Waals surface area contributed by atoms with Crippen molar-refractivity contribution in [3.05, 3.63) is 22.8 Å². The van der Waals surface area contributed by atoms with E-state index >= 15 is 0 Å². The molecule has 0 aromatic carbocycles. The minimum Gasteiger partial charge on any atom is -0.386 e. The van der Waals surface area contributed by atoms with Crippen LogP contribution in [0.15, 0.2) is 12.7 Å². The summed E-state index contributed by atoms with van der Waals surface area (Å²) in [7, 11) is 2.78. The van der Waals surface area contributed by atoms with Crippen LogP contribution in [-0.2, 0) is 14.4 Å². The Labute approximate surface area is 151 Å². The molecule has 3 heterocycles. The van der Waals surface area contributed by atoms with E-state index in [1.165, 1.54) is 31.3 Å². The predicted molar refractivity (Wildman–Crippen MR) is 86.2 cm³/mol. The molecule has 3 rings (SSSR count). The predicted octanol–water partition coefficient (Wildman–Crippen LogP) is -2.31. The smallest absolute Gasteiger partial charge is 0.294 e. The van der Waals surface area contributed by atoms with Gasteiger partial charge in [0.2, 0.25) is 0 Å². The first-order valence-electron chi connectivity index (χ1n) is 7.69. The third kappa shape index (κ3) is 3.20. The number of nitrogens with zero attached hydrogens (tertiary/aromatic N) is 6. The lowest BCUT2D eigenvalue weighted by molar-refractivity contribution is -0.771. The normalized spacial score (nSPS) is 26.1. The van der Waals surface area contributed by atoms with Gasteiger partial charge in [0.1, 0.15) is 24.1 Å². The maximum atomic E-state index is 12.1. The van der Waals surface area contributed by atoms with Crippen LogP contribution in [0.25, 0.3) is 11.2 Å². The first kappa shape index (κ1) is 18.7. The minimum absolute atomic E-state index is 0.0868. The van der Waals surface area contributed by atoms with E-state index < -0.39 is 41.6 Å². The molecule has 5 atom stereocenters. The zero-order valence-electron chi connectivity index (χ0n) is 14.2.